The minimum absolute atomic E-state index is 0.137. The number of carbonyl (C=O) groups is 2. The van der Waals surface area contributed by atoms with E-state index in [1.165, 1.54) is 10.2 Å². The summed E-state index contributed by atoms with van der Waals surface area (Å²) >= 11 is 0. The Hall–Kier alpha value is -4.20. The van der Waals surface area contributed by atoms with Crippen molar-refractivity contribution in [1.82, 2.24) is 24.8 Å². The van der Waals surface area contributed by atoms with Gasteiger partial charge in [-0.15, -0.1) is 5.10 Å². The summed E-state index contributed by atoms with van der Waals surface area (Å²) in [5.74, 6) is -0.137. The summed E-state index contributed by atoms with van der Waals surface area (Å²) in [6, 6.07) is 24.0. The predicted octanol–water partition coefficient (Wildman–Crippen LogP) is 4.36. The van der Waals surface area contributed by atoms with Gasteiger partial charge in [-0.3, -0.25) is 9.69 Å². The molecule has 1 spiro atoms. The van der Waals surface area contributed by atoms with Crippen LogP contribution in [0.4, 0.5) is 4.79 Å². The fourth-order valence-electron chi connectivity index (χ4n) is 5.15. The lowest BCUT2D eigenvalue weighted by molar-refractivity contribution is 0.00293. The lowest BCUT2D eigenvalue weighted by Crippen LogP contribution is -2.48. The number of para-hydroxylation sites is 1. The maximum atomic E-state index is 13.2. The van der Waals surface area contributed by atoms with E-state index in [4.69, 9.17) is 4.74 Å². The van der Waals surface area contributed by atoms with Crippen LogP contribution in [-0.4, -0.2) is 62.0 Å². The first-order valence-corrected chi connectivity index (χ1v) is 12.2. The van der Waals surface area contributed by atoms with E-state index >= 15 is 0 Å². The third-order valence-corrected chi connectivity index (χ3v) is 7.16. The molecule has 182 valence electrons. The van der Waals surface area contributed by atoms with Crippen LogP contribution in [0.5, 0.6) is 0 Å². The van der Waals surface area contributed by atoms with Gasteiger partial charge in [0.25, 0.3) is 5.91 Å². The normalized spacial score (nSPS) is 17.1. The molecule has 0 atom stereocenters. The molecule has 3 aromatic carbocycles. The van der Waals surface area contributed by atoms with Gasteiger partial charge < -0.3 is 9.64 Å². The molecule has 0 saturated carbocycles. The highest BCUT2D eigenvalue weighted by molar-refractivity contribution is 5.93. The van der Waals surface area contributed by atoms with Gasteiger partial charge in [-0.1, -0.05) is 54.6 Å². The zero-order valence-corrected chi connectivity index (χ0v) is 20.1. The molecule has 0 radical (unpaired) electrons. The predicted molar refractivity (Wildman–Crippen MR) is 135 cm³/mol. The van der Waals surface area contributed by atoms with Gasteiger partial charge in [0.15, 0.2) is 5.69 Å². The molecular formula is C28H27N5O3. The number of rotatable bonds is 4. The van der Waals surface area contributed by atoms with E-state index in [0.29, 0.717) is 50.4 Å². The first kappa shape index (κ1) is 22.3. The number of hydrogen-bond acceptors (Lipinski definition) is 5. The molecule has 0 unspecified atom stereocenters. The number of aryl methyl sites for hydroxylation is 1. The maximum Gasteiger partial charge on any atom is 0.410 e. The number of piperidine rings is 1. The lowest BCUT2D eigenvalue weighted by Gasteiger charge is -2.37. The molecule has 8 nitrogen and oxygen atoms in total. The summed E-state index contributed by atoms with van der Waals surface area (Å²) in [4.78, 5) is 31.0. The number of carbonyl (C=O) groups excluding carboxylic acids is 2. The van der Waals surface area contributed by atoms with E-state index in [-0.39, 0.29) is 12.0 Å². The monoisotopic (exact) mass is 481 g/mol. The van der Waals surface area contributed by atoms with Crippen LogP contribution in [0, 0.1) is 6.92 Å². The van der Waals surface area contributed by atoms with Gasteiger partial charge in [0, 0.05) is 32.5 Å². The van der Waals surface area contributed by atoms with Crippen LogP contribution in [0.3, 0.4) is 0 Å². The average Bonchev–Trinajstić information content (AvgIpc) is 3.43. The molecule has 2 amide bonds. The van der Waals surface area contributed by atoms with Crippen LogP contribution in [0.15, 0.2) is 72.8 Å². The SMILES string of the molecule is Cc1nn(-c2ccccc2)nc1C(=O)N1CCC2(CC1)CN(Cc1ccc3ccccc3c1)C(=O)O2. The van der Waals surface area contributed by atoms with Gasteiger partial charge in [-0.25, -0.2) is 4.79 Å². The van der Waals surface area contributed by atoms with E-state index in [0.717, 1.165) is 16.6 Å². The molecule has 2 aliphatic heterocycles. The molecule has 6 rings (SSSR count). The molecule has 2 saturated heterocycles. The molecule has 8 heteroatoms. The number of benzene rings is 3. The van der Waals surface area contributed by atoms with Gasteiger partial charge in [-0.05, 0) is 41.5 Å². The Morgan fingerprint density at radius 3 is 2.44 bits per heavy atom. The second-order valence-corrected chi connectivity index (χ2v) is 9.64. The van der Waals surface area contributed by atoms with Gasteiger partial charge in [-0.2, -0.15) is 9.90 Å². The topological polar surface area (TPSA) is 80.6 Å². The number of amides is 2. The molecule has 36 heavy (non-hydrogen) atoms. The third kappa shape index (κ3) is 4.08. The Kier molecular flexibility index (Phi) is 5.44. The van der Waals surface area contributed by atoms with Gasteiger partial charge in [0.2, 0.25) is 0 Å². The van der Waals surface area contributed by atoms with E-state index in [1.807, 2.05) is 42.5 Å². The summed E-state index contributed by atoms with van der Waals surface area (Å²) in [6.45, 7) is 3.86. The zero-order valence-electron chi connectivity index (χ0n) is 20.1. The van der Waals surface area contributed by atoms with E-state index in [9.17, 15) is 9.59 Å². The Morgan fingerprint density at radius 2 is 1.67 bits per heavy atom. The highest BCUT2D eigenvalue weighted by Crippen LogP contribution is 2.34. The number of hydrogen-bond donors (Lipinski definition) is 0. The molecule has 2 aliphatic rings. The maximum absolute atomic E-state index is 13.2. The fraction of sp³-hybridized carbons (Fsp3) is 0.286. The van der Waals surface area contributed by atoms with Crippen LogP contribution < -0.4 is 0 Å². The Balaban J connectivity index is 1.11. The number of likely N-dealkylation sites (tertiary alicyclic amines) is 1. The van der Waals surface area contributed by atoms with Crippen molar-refractivity contribution in [2.45, 2.75) is 31.9 Å². The van der Waals surface area contributed by atoms with Crippen molar-refractivity contribution in [1.29, 1.82) is 0 Å². The molecule has 0 bridgehead atoms. The van der Waals surface area contributed by atoms with Gasteiger partial charge in [0.1, 0.15) is 5.60 Å². The average molecular weight is 482 g/mol. The lowest BCUT2D eigenvalue weighted by atomic mass is 9.91. The zero-order chi connectivity index (χ0) is 24.7. The summed E-state index contributed by atoms with van der Waals surface area (Å²) in [6.07, 6.45) is 0.916. The summed E-state index contributed by atoms with van der Waals surface area (Å²) in [5.41, 5.74) is 2.28. The number of ether oxygens (including phenoxy) is 1. The Morgan fingerprint density at radius 1 is 0.944 bits per heavy atom. The molecule has 1 aromatic heterocycles. The Bertz CT molecular complexity index is 1440. The van der Waals surface area contributed by atoms with Crippen molar-refractivity contribution in [2.24, 2.45) is 0 Å². The van der Waals surface area contributed by atoms with Crippen molar-refractivity contribution in [3.8, 4) is 5.69 Å². The van der Waals surface area contributed by atoms with Crippen molar-refractivity contribution in [3.05, 3.63) is 89.7 Å². The highest BCUT2D eigenvalue weighted by Gasteiger charge is 2.47. The van der Waals surface area contributed by atoms with Crippen molar-refractivity contribution >= 4 is 22.8 Å². The van der Waals surface area contributed by atoms with Crippen LogP contribution in [0.1, 0.15) is 34.6 Å². The van der Waals surface area contributed by atoms with E-state index in [1.54, 1.807) is 16.7 Å². The number of aromatic nitrogens is 3. The van der Waals surface area contributed by atoms with Crippen LogP contribution in [0.2, 0.25) is 0 Å². The van der Waals surface area contributed by atoms with Crippen molar-refractivity contribution in [3.63, 3.8) is 0 Å². The second kappa shape index (κ2) is 8.78. The van der Waals surface area contributed by atoms with Crippen LogP contribution in [-0.2, 0) is 11.3 Å². The highest BCUT2D eigenvalue weighted by atomic mass is 16.6. The van der Waals surface area contributed by atoms with Crippen molar-refractivity contribution in [2.75, 3.05) is 19.6 Å². The van der Waals surface area contributed by atoms with Gasteiger partial charge in [0.05, 0.1) is 17.9 Å². The van der Waals surface area contributed by atoms with Crippen LogP contribution in [0.25, 0.3) is 16.5 Å². The molecule has 0 N–H and O–H groups in total. The molecular weight excluding hydrogens is 454 g/mol. The standard InChI is InChI=1S/C28H27N5O3/c1-20-25(30-33(29-20)24-9-3-2-4-10-24)26(34)31-15-13-28(14-16-31)19-32(27(35)36-28)18-21-11-12-22-7-5-6-8-23(22)17-21/h2-12,17H,13-16,18-19H2,1H3. The third-order valence-electron chi connectivity index (χ3n) is 7.16. The summed E-state index contributed by atoms with van der Waals surface area (Å²) in [7, 11) is 0. The quantitative estimate of drug-likeness (QED) is 0.433. The summed E-state index contributed by atoms with van der Waals surface area (Å²) in [5, 5.41) is 11.2. The second-order valence-electron chi connectivity index (χ2n) is 9.64. The molecule has 4 aromatic rings. The number of fused-ring (bicyclic) bond motifs is 1. The minimum Gasteiger partial charge on any atom is -0.441 e. The summed E-state index contributed by atoms with van der Waals surface area (Å²) < 4.78 is 5.90. The van der Waals surface area contributed by atoms with Crippen molar-refractivity contribution < 1.29 is 14.3 Å². The largest absolute Gasteiger partial charge is 0.441 e. The Labute approximate surface area is 209 Å². The first-order chi connectivity index (χ1) is 17.5. The first-order valence-electron chi connectivity index (χ1n) is 12.2. The molecule has 0 aliphatic carbocycles. The molecule has 2 fully saturated rings. The van der Waals surface area contributed by atoms with Crippen LogP contribution >= 0.6 is 0 Å². The minimum atomic E-state index is -0.554. The molecule has 3 heterocycles. The number of nitrogens with zero attached hydrogens (tertiary/aromatic N) is 5. The fourth-order valence-corrected chi connectivity index (χ4v) is 5.15. The smallest absolute Gasteiger partial charge is 0.410 e. The van der Waals surface area contributed by atoms with E-state index in [2.05, 4.69) is 40.5 Å². The van der Waals surface area contributed by atoms with Gasteiger partial charge >= 0.3 is 6.09 Å². The van der Waals surface area contributed by atoms with E-state index < -0.39 is 5.60 Å².